The molecule has 10 heteroatoms. The Kier molecular flexibility index (Phi) is 9.59. The fourth-order valence-corrected chi connectivity index (χ4v) is 6.46. The van der Waals surface area contributed by atoms with E-state index < -0.39 is 29.4 Å². The molecule has 2 atom stereocenters. The summed E-state index contributed by atoms with van der Waals surface area (Å²) in [6.45, 7) is 3.78. The van der Waals surface area contributed by atoms with Crippen molar-refractivity contribution in [1.82, 2.24) is 4.90 Å². The Morgan fingerprint density at radius 2 is 1.69 bits per heavy atom. The van der Waals surface area contributed by atoms with Crippen LogP contribution >= 0.6 is 11.6 Å². The summed E-state index contributed by atoms with van der Waals surface area (Å²) < 4.78 is 66.1. The lowest BCUT2D eigenvalue weighted by molar-refractivity contribution is -0.148. The van der Waals surface area contributed by atoms with Crippen LogP contribution in [0.15, 0.2) is 30.3 Å². The van der Waals surface area contributed by atoms with E-state index in [0.29, 0.717) is 55.9 Å². The van der Waals surface area contributed by atoms with Crippen molar-refractivity contribution in [2.75, 3.05) is 19.7 Å². The van der Waals surface area contributed by atoms with Crippen LogP contribution < -0.4 is 0 Å². The van der Waals surface area contributed by atoms with E-state index in [1.165, 1.54) is 12.1 Å². The first kappa shape index (κ1) is 31.0. The van der Waals surface area contributed by atoms with Crippen molar-refractivity contribution in [2.24, 2.45) is 11.8 Å². The van der Waals surface area contributed by atoms with Crippen molar-refractivity contribution >= 4 is 23.4 Å². The summed E-state index contributed by atoms with van der Waals surface area (Å²) in [7, 11) is 0. The van der Waals surface area contributed by atoms with Crippen molar-refractivity contribution < 1.29 is 36.6 Å². The number of alkyl halides is 3. The van der Waals surface area contributed by atoms with E-state index in [-0.39, 0.29) is 42.6 Å². The molecular weight excluding hydrogens is 574 g/mol. The third-order valence-corrected chi connectivity index (χ3v) is 9.10. The molecule has 42 heavy (non-hydrogen) atoms. The average Bonchev–Trinajstić information content (AvgIpc) is 3.68. The first-order valence-corrected chi connectivity index (χ1v) is 15.2. The summed E-state index contributed by atoms with van der Waals surface area (Å²) in [4.78, 5) is 27.9. The summed E-state index contributed by atoms with van der Waals surface area (Å²) in [5.74, 6) is -2.14. The first-order chi connectivity index (χ1) is 20.0. The lowest BCUT2D eigenvalue weighted by Gasteiger charge is -2.32. The molecule has 0 bridgehead atoms. The van der Waals surface area contributed by atoms with Gasteiger partial charge in [-0.25, -0.2) is 4.39 Å². The van der Waals surface area contributed by atoms with Crippen LogP contribution in [0.3, 0.4) is 0 Å². The Labute approximate surface area is 248 Å². The van der Waals surface area contributed by atoms with Gasteiger partial charge in [-0.05, 0) is 98.4 Å². The maximum Gasteiger partial charge on any atom is 0.416 e. The Morgan fingerprint density at radius 1 is 0.976 bits per heavy atom. The molecule has 2 aromatic carbocycles. The van der Waals surface area contributed by atoms with E-state index in [1.807, 2.05) is 0 Å². The number of ketones is 1. The Bertz CT molecular complexity index is 1300. The van der Waals surface area contributed by atoms with Gasteiger partial charge in [0.15, 0.2) is 5.78 Å². The molecule has 3 fully saturated rings. The van der Waals surface area contributed by atoms with Crippen LogP contribution in [0, 0.1) is 17.7 Å². The lowest BCUT2D eigenvalue weighted by atomic mass is 9.86. The van der Waals surface area contributed by atoms with E-state index in [0.717, 1.165) is 42.5 Å². The molecule has 0 radical (unpaired) electrons. The normalized spacial score (nSPS) is 22.0. The highest BCUT2D eigenvalue weighted by Gasteiger charge is 2.40. The van der Waals surface area contributed by atoms with Crippen LogP contribution in [0.25, 0.3) is 0 Å². The van der Waals surface area contributed by atoms with Gasteiger partial charge in [-0.2, -0.15) is 13.2 Å². The summed E-state index contributed by atoms with van der Waals surface area (Å²) in [6, 6.07) is 6.48. The van der Waals surface area contributed by atoms with Gasteiger partial charge in [-0.15, -0.1) is 0 Å². The number of rotatable bonds is 10. The van der Waals surface area contributed by atoms with Crippen molar-refractivity contribution in [3.05, 3.63) is 69.0 Å². The number of nitrogens with zero attached hydrogens (tertiary/aromatic N) is 1. The maximum absolute atomic E-state index is 15.4. The molecule has 0 aromatic heterocycles. The zero-order chi connectivity index (χ0) is 30.0. The third kappa shape index (κ3) is 7.17. The average molecular weight is 610 g/mol. The molecule has 2 aromatic rings. The zero-order valence-corrected chi connectivity index (χ0v) is 24.4. The topological polar surface area (TPSA) is 55.8 Å². The smallest absolute Gasteiger partial charge is 0.416 e. The van der Waals surface area contributed by atoms with Gasteiger partial charge in [0.1, 0.15) is 5.82 Å². The van der Waals surface area contributed by atoms with Crippen molar-refractivity contribution in [1.29, 1.82) is 0 Å². The predicted molar refractivity (Wildman–Crippen MR) is 150 cm³/mol. The minimum absolute atomic E-state index is 0.0448. The van der Waals surface area contributed by atoms with Crippen LogP contribution in [0.1, 0.15) is 90.4 Å². The van der Waals surface area contributed by atoms with Crippen LogP contribution in [0.5, 0.6) is 0 Å². The zero-order valence-electron chi connectivity index (χ0n) is 23.7. The van der Waals surface area contributed by atoms with Gasteiger partial charge in [0.2, 0.25) is 0 Å². The van der Waals surface area contributed by atoms with Gasteiger partial charge in [0.25, 0.3) is 0 Å². The summed E-state index contributed by atoms with van der Waals surface area (Å²) in [6.07, 6.45) is 0.666. The van der Waals surface area contributed by atoms with Gasteiger partial charge in [-0.1, -0.05) is 18.0 Å². The number of hydrogen-bond acceptors (Lipinski definition) is 5. The quantitative estimate of drug-likeness (QED) is 0.157. The van der Waals surface area contributed by atoms with Crippen molar-refractivity contribution in [3.63, 3.8) is 0 Å². The number of carbonyl (C=O) groups excluding carboxylic acids is 2. The Balaban J connectivity index is 1.20. The van der Waals surface area contributed by atoms with Crippen LogP contribution in [0.2, 0.25) is 5.02 Å². The number of likely N-dealkylation sites (tertiary alicyclic amines) is 1. The molecule has 2 aliphatic carbocycles. The molecule has 0 amide bonds. The fourth-order valence-electron chi connectivity index (χ4n) is 6.28. The Morgan fingerprint density at radius 3 is 2.36 bits per heavy atom. The number of esters is 1. The van der Waals surface area contributed by atoms with Gasteiger partial charge >= 0.3 is 12.1 Å². The number of Topliss-reactive ketones (excluding diaryl/α,β-unsaturated/α-hetero) is 1. The van der Waals surface area contributed by atoms with E-state index in [9.17, 15) is 22.8 Å². The number of carbonyl (C=O) groups is 2. The molecule has 0 unspecified atom stereocenters. The van der Waals surface area contributed by atoms with Crippen LogP contribution in [0.4, 0.5) is 17.6 Å². The highest BCUT2D eigenvalue weighted by molar-refractivity contribution is 6.31. The van der Waals surface area contributed by atoms with E-state index in [4.69, 9.17) is 21.1 Å². The third-order valence-electron chi connectivity index (χ3n) is 8.73. The molecule has 228 valence electrons. The molecule has 2 saturated carbocycles. The number of hydrogen-bond donors (Lipinski definition) is 0. The predicted octanol–water partition coefficient (Wildman–Crippen LogP) is 7.72. The minimum atomic E-state index is -4.42. The summed E-state index contributed by atoms with van der Waals surface area (Å²) in [5, 5.41) is 0.308. The first-order valence-electron chi connectivity index (χ1n) is 14.8. The van der Waals surface area contributed by atoms with E-state index in [1.54, 1.807) is 13.0 Å². The molecule has 0 spiro atoms. The number of benzene rings is 2. The molecular formula is C32H36ClF4NO4. The number of halogens is 5. The molecule has 1 saturated heterocycles. The molecule has 3 aliphatic rings. The Hall–Kier alpha value is -2.49. The SMILES string of the molecule is CCOC(=O)[C@@H]1CCC[C@H]1C(=O)c1cc(C2CC2)c(COC2CCN(Cc3cc(C(F)(F)F)ccc3Cl)CC2)cc1F. The van der Waals surface area contributed by atoms with E-state index >= 15 is 4.39 Å². The van der Waals surface area contributed by atoms with Crippen molar-refractivity contribution in [3.8, 4) is 0 Å². The largest absolute Gasteiger partial charge is 0.466 e. The van der Waals surface area contributed by atoms with Gasteiger partial charge in [0, 0.05) is 30.6 Å². The van der Waals surface area contributed by atoms with E-state index in [2.05, 4.69) is 4.90 Å². The van der Waals surface area contributed by atoms with Gasteiger partial charge in [-0.3, -0.25) is 14.5 Å². The number of piperidine rings is 1. The lowest BCUT2D eigenvalue weighted by Crippen LogP contribution is -2.36. The van der Waals surface area contributed by atoms with Gasteiger partial charge < -0.3 is 9.47 Å². The highest BCUT2D eigenvalue weighted by Crippen LogP contribution is 2.44. The second-order valence-electron chi connectivity index (χ2n) is 11.7. The summed E-state index contributed by atoms with van der Waals surface area (Å²) in [5.41, 5.74) is 1.44. The number of ether oxygens (including phenoxy) is 2. The molecule has 5 nitrogen and oxygen atoms in total. The van der Waals surface area contributed by atoms with Crippen molar-refractivity contribution in [2.45, 2.75) is 83.2 Å². The molecule has 0 N–H and O–H groups in total. The second kappa shape index (κ2) is 13.0. The second-order valence-corrected chi connectivity index (χ2v) is 12.1. The highest BCUT2D eigenvalue weighted by atomic mass is 35.5. The fraction of sp³-hybridized carbons (Fsp3) is 0.562. The standard InChI is InChI=1S/C32H36ClF4NO4/c1-2-41-31(40)25-5-3-4-24(25)30(39)27-16-26(19-6-7-19)21(15-29(27)34)18-42-23-10-12-38(13-11-23)17-20-14-22(32(35,36)37)8-9-28(20)33/h8-9,14-16,19,23-25H,2-7,10-13,17-18H2,1H3/t24-,25-/m1/s1. The molecule has 1 aliphatic heterocycles. The maximum atomic E-state index is 15.4. The monoisotopic (exact) mass is 609 g/mol. The minimum Gasteiger partial charge on any atom is -0.466 e. The van der Waals surface area contributed by atoms with Crippen LogP contribution in [-0.4, -0.2) is 42.5 Å². The molecule has 5 rings (SSSR count). The molecule has 1 heterocycles. The van der Waals surface area contributed by atoms with Crippen LogP contribution in [-0.2, 0) is 33.6 Å². The summed E-state index contributed by atoms with van der Waals surface area (Å²) >= 11 is 6.18. The van der Waals surface area contributed by atoms with Gasteiger partial charge in [0.05, 0.1) is 36.4 Å².